The summed E-state index contributed by atoms with van der Waals surface area (Å²) in [5.74, 6) is 0. The largest absolute Gasteiger partial charge is 0.378 e. The number of aryl methyl sites for hydroxylation is 1. The molecular formula is C14H19O. The normalized spacial score (nSPS) is 17.1. The quantitative estimate of drug-likeness (QED) is 0.667. The second kappa shape index (κ2) is 5.92. The van der Waals surface area contributed by atoms with E-state index >= 15 is 0 Å². The smallest absolute Gasteiger partial charge is 0.0575 e. The van der Waals surface area contributed by atoms with Crippen molar-refractivity contribution in [1.82, 2.24) is 0 Å². The number of ether oxygens (including phenoxy) is 1. The van der Waals surface area contributed by atoms with Gasteiger partial charge in [-0.05, 0) is 37.3 Å². The van der Waals surface area contributed by atoms with Crippen molar-refractivity contribution in [2.75, 3.05) is 6.61 Å². The fraction of sp³-hybridized carbons (Fsp3) is 0.571. The Hall–Kier alpha value is -0.820. The Kier molecular flexibility index (Phi) is 4.22. The van der Waals surface area contributed by atoms with Crippen LogP contribution in [0.2, 0.25) is 0 Å². The van der Waals surface area contributed by atoms with Crippen LogP contribution in [-0.4, -0.2) is 12.7 Å². The first-order valence-corrected chi connectivity index (χ1v) is 6.02. The molecule has 0 amide bonds. The lowest BCUT2D eigenvalue weighted by Crippen LogP contribution is -2.08. The molecule has 0 aromatic heterocycles. The van der Waals surface area contributed by atoms with E-state index in [0.717, 1.165) is 19.4 Å². The molecule has 0 heterocycles. The average Bonchev–Trinajstić information content (AvgIpc) is 2.79. The van der Waals surface area contributed by atoms with Gasteiger partial charge in [-0.3, -0.25) is 0 Å². The van der Waals surface area contributed by atoms with E-state index in [9.17, 15) is 0 Å². The highest BCUT2D eigenvalue weighted by Crippen LogP contribution is 2.21. The third-order valence-corrected chi connectivity index (χ3v) is 3.05. The highest BCUT2D eigenvalue weighted by Gasteiger charge is 2.14. The molecule has 0 atom stereocenters. The zero-order valence-corrected chi connectivity index (χ0v) is 9.24. The molecule has 1 nitrogen and oxygen atoms in total. The molecular weight excluding hydrogens is 184 g/mol. The van der Waals surface area contributed by atoms with Crippen LogP contribution in [0.5, 0.6) is 0 Å². The highest BCUT2D eigenvalue weighted by atomic mass is 16.5. The first kappa shape index (κ1) is 10.7. The fourth-order valence-corrected chi connectivity index (χ4v) is 2.17. The molecule has 1 radical (unpaired) electrons. The minimum atomic E-state index is 0.564. The van der Waals surface area contributed by atoms with Crippen LogP contribution in [0.15, 0.2) is 24.3 Å². The van der Waals surface area contributed by atoms with Gasteiger partial charge in [-0.25, -0.2) is 0 Å². The van der Waals surface area contributed by atoms with Crippen LogP contribution in [0.1, 0.15) is 37.7 Å². The molecule has 0 aliphatic heterocycles. The molecule has 1 aliphatic carbocycles. The molecule has 81 valence electrons. The first-order valence-electron chi connectivity index (χ1n) is 6.02. The summed E-state index contributed by atoms with van der Waals surface area (Å²) in [7, 11) is 0. The summed E-state index contributed by atoms with van der Waals surface area (Å²) in [4.78, 5) is 0. The molecule has 0 saturated heterocycles. The molecule has 2 rings (SSSR count). The topological polar surface area (TPSA) is 9.23 Å². The molecule has 1 heteroatoms. The Morgan fingerprint density at radius 2 is 1.93 bits per heavy atom. The van der Waals surface area contributed by atoms with E-state index in [2.05, 4.69) is 18.2 Å². The van der Waals surface area contributed by atoms with Gasteiger partial charge in [0.1, 0.15) is 0 Å². The lowest BCUT2D eigenvalue weighted by molar-refractivity contribution is 0.0569. The minimum Gasteiger partial charge on any atom is -0.378 e. The van der Waals surface area contributed by atoms with E-state index in [-0.39, 0.29) is 0 Å². The Morgan fingerprint density at radius 3 is 2.67 bits per heavy atom. The van der Waals surface area contributed by atoms with Gasteiger partial charge in [0.05, 0.1) is 6.10 Å². The van der Waals surface area contributed by atoms with E-state index in [4.69, 9.17) is 4.74 Å². The maximum absolute atomic E-state index is 5.82. The van der Waals surface area contributed by atoms with E-state index in [1.54, 1.807) is 0 Å². The molecule has 0 bridgehead atoms. The van der Waals surface area contributed by atoms with Gasteiger partial charge in [0.15, 0.2) is 0 Å². The van der Waals surface area contributed by atoms with Gasteiger partial charge >= 0.3 is 0 Å². The monoisotopic (exact) mass is 203 g/mol. The molecule has 1 aromatic rings. The summed E-state index contributed by atoms with van der Waals surface area (Å²) in [5.41, 5.74) is 1.39. The third-order valence-electron chi connectivity index (χ3n) is 3.05. The molecule has 1 aliphatic rings. The van der Waals surface area contributed by atoms with Crippen molar-refractivity contribution in [2.45, 2.75) is 44.6 Å². The van der Waals surface area contributed by atoms with E-state index in [1.165, 1.54) is 31.2 Å². The van der Waals surface area contributed by atoms with Gasteiger partial charge in [0.25, 0.3) is 0 Å². The summed E-state index contributed by atoms with van der Waals surface area (Å²) in [6, 6.07) is 11.3. The van der Waals surface area contributed by atoms with Gasteiger partial charge in [-0.1, -0.05) is 37.1 Å². The highest BCUT2D eigenvalue weighted by molar-refractivity contribution is 5.13. The number of hydrogen-bond donors (Lipinski definition) is 0. The lowest BCUT2D eigenvalue weighted by Gasteiger charge is -2.10. The summed E-state index contributed by atoms with van der Waals surface area (Å²) < 4.78 is 5.82. The number of rotatable bonds is 5. The Balaban J connectivity index is 1.59. The summed E-state index contributed by atoms with van der Waals surface area (Å²) in [5, 5.41) is 0. The van der Waals surface area contributed by atoms with Gasteiger partial charge in [0, 0.05) is 6.61 Å². The van der Waals surface area contributed by atoms with Crippen LogP contribution >= 0.6 is 0 Å². The second-order valence-corrected chi connectivity index (χ2v) is 4.29. The van der Waals surface area contributed by atoms with Crippen molar-refractivity contribution < 1.29 is 4.74 Å². The fourth-order valence-electron chi connectivity index (χ4n) is 2.17. The average molecular weight is 203 g/mol. The van der Waals surface area contributed by atoms with Gasteiger partial charge in [-0.15, -0.1) is 0 Å². The second-order valence-electron chi connectivity index (χ2n) is 4.29. The molecule has 0 N–H and O–H groups in total. The van der Waals surface area contributed by atoms with Crippen molar-refractivity contribution >= 4 is 0 Å². The SMILES string of the molecule is [c]1ccc(CCCOC2CCCC2)cc1. The van der Waals surface area contributed by atoms with E-state index in [1.807, 2.05) is 12.1 Å². The molecule has 0 spiro atoms. The molecule has 1 aromatic carbocycles. The Bertz CT molecular complexity index is 262. The number of hydrogen-bond acceptors (Lipinski definition) is 1. The lowest BCUT2D eigenvalue weighted by atomic mass is 10.1. The first-order chi connectivity index (χ1) is 7.45. The van der Waals surface area contributed by atoms with Crippen LogP contribution in [0.3, 0.4) is 0 Å². The van der Waals surface area contributed by atoms with Crippen molar-refractivity contribution in [3.8, 4) is 0 Å². The molecule has 1 saturated carbocycles. The molecule has 1 fully saturated rings. The molecule has 15 heavy (non-hydrogen) atoms. The predicted octanol–water partition coefficient (Wildman–Crippen LogP) is 3.38. The van der Waals surface area contributed by atoms with Crippen molar-refractivity contribution in [2.24, 2.45) is 0 Å². The Labute approximate surface area is 92.5 Å². The van der Waals surface area contributed by atoms with Crippen LogP contribution < -0.4 is 0 Å². The minimum absolute atomic E-state index is 0.564. The van der Waals surface area contributed by atoms with Crippen LogP contribution in [0.4, 0.5) is 0 Å². The van der Waals surface area contributed by atoms with Crippen LogP contribution in [-0.2, 0) is 11.2 Å². The summed E-state index contributed by atoms with van der Waals surface area (Å²) >= 11 is 0. The zero-order valence-electron chi connectivity index (χ0n) is 9.24. The van der Waals surface area contributed by atoms with Crippen LogP contribution in [0, 0.1) is 6.07 Å². The van der Waals surface area contributed by atoms with Gasteiger partial charge in [0.2, 0.25) is 0 Å². The zero-order chi connectivity index (χ0) is 10.3. The van der Waals surface area contributed by atoms with E-state index < -0.39 is 0 Å². The summed E-state index contributed by atoms with van der Waals surface area (Å²) in [6.45, 7) is 0.920. The van der Waals surface area contributed by atoms with E-state index in [0.29, 0.717) is 6.10 Å². The third kappa shape index (κ3) is 3.67. The van der Waals surface area contributed by atoms with Gasteiger partial charge < -0.3 is 4.74 Å². The predicted molar refractivity (Wildman–Crippen MR) is 61.8 cm³/mol. The standard InChI is InChI=1S/C14H19O/c1-2-7-13(8-3-1)9-6-12-15-14-10-4-5-11-14/h2-3,7-8,14H,4-6,9-12H2. The maximum atomic E-state index is 5.82. The molecule has 0 unspecified atom stereocenters. The van der Waals surface area contributed by atoms with Crippen molar-refractivity contribution in [3.63, 3.8) is 0 Å². The van der Waals surface area contributed by atoms with Gasteiger partial charge in [-0.2, -0.15) is 0 Å². The van der Waals surface area contributed by atoms with Crippen molar-refractivity contribution in [1.29, 1.82) is 0 Å². The van der Waals surface area contributed by atoms with Crippen LogP contribution in [0.25, 0.3) is 0 Å². The maximum Gasteiger partial charge on any atom is 0.0575 e. The summed E-state index contributed by atoms with van der Waals surface area (Å²) in [6.07, 6.45) is 8.11. The Morgan fingerprint density at radius 1 is 1.20 bits per heavy atom. The van der Waals surface area contributed by atoms with Crippen molar-refractivity contribution in [3.05, 3.63) is 35.9 Å². The number of benzene rings is 1.